The molecule has 7 heteroatoms. The van der Waals surface area contributed by atoms with Gasteiger partial charge in [0.2, 0.25) is 0 Å². The van der Waals surface area contributed by atoms with Crippen LogP contribution in [0.15, 0.2) is 53.9 Å². The molecule has 0 N–H and O–H groups in total. The molecule has 2 aromatic carbocycles. The molecule has 30 heavy (non-hydrogen) atoms. The fourth-order valence-electron chi connectivity index (χ4n) is 3.62. The Labute approximate surface area is 178 Å². The first-order valence-corrected chi connectivity index (χ1v) is 10.9. The van der Waals surface area contributed by atoms with E-state index in [2.05, 4.69) is 9.88 Å². The van der Waals surface area contributed by atoms with Gasteiger partial charge in [-0.05, 0) is 48.2 Å². The number of rotatable bonds is 7. The molecule has 156 valence electrons. The summed E-state index contributed by atoms with van der Waals surface area (Å²) in [5, 5.41) is 2.67. The van der Waals surface area contributed by atoms with Crippen molar-refractivity contribution < 1.29 is 13.6 Å². The lowest BCUT2D eigenvalue weighted by atomic mass is 10.1. The molecule has 1 saturated heterocycles. The number of thiazole rings is 1. The Morgan fingerprint density at radius 1 is 0.900 bits per heavy atom. The third-order valence-corrected chi connectivity index (χ3v) is 6.00. The van der Waals surface area contributed by atoms with Gasteiger partial charge in [-0.25, -0.2) is 13.8 Å². The van der Waals surface area contributed by atoms with Crippen LogP contribution in [0.4, 0.5) is 8.78 Å². The third-order valence-electron chi connectivity index (χ3n) is 5.16. The summed E-state index contributed by atoms with van der Waals surface area (Å²) < 4.78 is 26.5. The summed E-state index contributed by atoms with van der Waals surface area (Å²) in [6.07, 6.45) is 2.09. The van der Waals surface area contributed by atoms with E-state index in [4.69, 9.17) is 0 Å². The minimum absolute atomic E-state index is 0.00128. The van der Waals surface area contributed by atoms with Crippen LogP contribution in [0.5, 0.6) is 0 Å². The van der Waals surface area contributed by atoms with Crippen molar-refractivity contribution in [3.8, 4) is 0 Å². The largest absolute Gasteiger partial charge is 0.337 e. The first-order valence-electron chi connectivity index (χ1n) is 10.0. The molecule has 0 unspecified atom stereocenters. The Bertz CT molecular complexity index is 935. The van der Waals surface area contributed by atoms with Gasteiger partial charge >= 0.3 is 0 Å². The summed E-state index contributed by atoms with van der Waals surface area (Å²) >= 11 is 1.47. The van der Waals surface area contributed by atoms with E-state index in [1.54, 1.807) is 24.3 Å². The zero-order valence-corrected chi connectivity index (χ0v) is 17.4. The molecule has 0 spiro atoms. The average molecular weight is 428 g/mol. The molecule has 0 bridgehead atoms. The SMILES string of the molecule is O=C(c1csc(CN(Cc2ccc(F)cc2)Cc2ccc(F)cc2)n1)N1CCCC1. The number of carbonyl (C=O) groups is 1. The van der Waals surface area contributed by atoms with E-state index < -0.39 is 0 Å². The van der Waals surface area contributed by atoms with Gasteiger partial charge in [-0.3, -0.25) is 9.69 Å². The standard InChI is InChI=1S/C23H23F2N3OS/c24-19-7-3-17(4-8-19)13-27(14-18-5-9-20(25)10-6-18)15-22-26-21(16-30-22)23(29)28-11-1-2-12-28/h3-10,16H,1-2,11-15H2. The highest BCUT2D eigenvalue weighted by molar-refractivity contribution is 7.09. The van der Waals surface area contributed by atoms with Gasteiger partial charge in [0.05, 0.1) is 6.54 Å². The number of hydrogen-bond acceptors (Lipinski definition) is 4. The minimum Gasteiger partial charge on any atom is -0.337 e. The van der Waals surface area contributed by atoms with Crippen LogP contribution in [0, 0.1) is 11.6 Å². The molecule has 1 amide bonds. The topological polar surface area (TPSA) is 36.4 Å². The van der Waals surface area contributed by atoms with E-state index in [0.717, 1.165) is 42.1 Å². The summed E-state index contributed by atoms with van der Waals surface area (Å²) in [4.78, 5) is 21.2. The first-order chi connectivity index (χ1) is 14.6. The fourth-order valence-corrected chi connectivity index (χ4v) is 4.43. The lowest BCUT2D eigenvalue weighted by Crippen LogP contribution is -2.28. The number of benzene rings is 2. The average Bonchev–Trinajstić information content (AvgIpc) is 3.43. The maximum absolute atomic E-state index is 13.3. The van der Waals surface area contributed by atoms with Crippen LogP contribution in [0.25, 0.3) is 0 Å². The van der Waals surface area contributed by atoms with E-state index >= 15 is 0 Å². The molecule has 0 atom stereocenters. The molecule has 0 radical (unpaired) electrons. The number of hydrogen-bond donors (Lipinski definition) is 0. The van der Waals surface area contributed by atoms with Crippen LogP contribution in [0.3, 0.4) is 0 Å². The Morgan fingerprint density at radius 3 is 1.97 bits per heavy atom. The summed E-state index contributed by atoms with van der Waals surface area (Å²) in [5.41, 5.74) is 2.45. The Balaban J connectivity index is 1.49. The minimum atomic E-state index is -0.270. The molecule has 4 nitrogen and oxygen atoms in total. The van der Waals surface area contributed by atoms with Crippen LogP contribution in [0.1, 0.15) is 39.5 Å². The number of nitrogens with zero attached hydrogens (tertiary/aromatic N) is 3. The lowest BCUT2D eigenvalue weighted by Gasteiger charge is -2.21. The first kappa shape index (κ1) is 20.6. The zero-order chi connectivity index (χ0) is 20.9. The molecule has 0 saturated carbocycles. The third kappa shape index (κ3) is 5.29. The van der Waals surface area contributed by atoms with Gasteiger partial charge in [0.25, 0.3) is 5.91 Å². The number of halogens is 2. The van der Waals surface area contributed by atoms with Crippen LogP contribution >= 0.6 is 11.3 Å². The lowest BCUT2D eigenvalue weighted by molar-refractivity contribution is 0.0787. The monoisotopic (exact) mass is 427 g/mol. The number of likely N-dealkylation sites (tertiary alicyclic amines) is 1. The second kappa shape index (κ2) is 9.45. The van der Waals surface area contributed by atoms with Crippen molar-refractivity contribution in [1.29, 1.82) is 0 Å². The van der Waals surface area contributed by atoms with Crippen LogP contribution in [-0.2, 0) is 19.6 Å². The van der Waals surface area contributed by atoms with Crippen molar-refractivity contribution in [3.63, 3.8) is 0 Å². The highest BCUT2D eigenvalue weighted by Gasteiger charge is 2.22. The van der Waals surface area contributed by atoms with E-state index in [9.17, 15) is 13.6 Å². The van der Waals surface area contributed by atoms with Gasteiger partial charge in [0.1, 0.15) is 22.3 Å². The summed E-state index contributed by atoms with van der Waals surface area (Å²) in [7, 11) is 0. The van der Waals surface area contributed by atoms with Crippen LogP contribution < -0.4 is 0 Å². The quantitative estimate of drug-likeness (QED) is 0.540. The van der Waals surface area contributed by atoms with Crippen molar-refractivity contribution in [2.45, 2.75) is 32.5 Å². The molecule has 2 heterocycles. The van der Waals surface area contributed by atoms with Crippen molar-refractivity contribution in [1.82, 2.24) is 14.8 Å². The number of amides is 1. The van der Waals surface area contributed by atoms with E-state index in [1.165, 1.54) is 35.6 Å². The van der Waals surface area contributed by atoms with E-state index in [0.29, 0.717) is 25.3 Å². The predicted molar refractivity (Wildman–Crippen MR) is 113 cm³/mol. The molecule has 4 rings (SSSR count). The van der Waals surface area contributed by atoms with Gasteiger partial charge in [0, 0.05) is 31.6 Å². The maximum Gasteiger partial charge on any atom is 0.273 e. The van der Waals surface area contributed by atoms with Crippen LogP contribution in [-0.4, -0.2) is 33.8 Å². The molecule has 3 aromatic rings. The van der Waals surface area contributed by atoms with Gasteiger partial charge < -0.3 is 4.90 Å². The Hall–Kier alpha value is -2.64. The zero-order valence-electron chi connectivity index (χ0n) is 16.6. The molecular weight excluding hydrogens is 404 g/mol. The molecule has 0 aliphatic carbocycles. The van der Waals surface area contributed by atoms with Crippen molar-refractivity contribution in [2.24, 2.45) is 0 Å². The summed E-state index contributed by atoms with van der Waals surface area (Å²) in [6.45, 7) is 3.33. The van der Waals surface area contributed by atoms with Gasteiger partial charge in [-0.15, -0.1) is 11.3 Å². The smallest absolute Gasteiger partial charge is 0.273 e. The Morgan fingerprint density at radius 2 is 1.43 bits per heavy atom. The summed E-state index contributed by atoms with van der Waals surface area (Å²) in [5.74, 6) is -0.540. The van der Waals surface area contributed by atoms with E-state index in [-0.39, 0.29) is 17.5 Å². The molecule has 1 aliphatic rings. The predicted octanol–water partition coefficient (Wildman–Crippen LogP) is 4.86. The van der Waals surface area contributed by atoms with Crippen molar-refractivity contribution in [3.05, 3.63) is 87.4 Å². The van der Waals surface area contributed by atoms with E-state index in [1.807, 2.05) is 10.3 Å². The van der Waals surface area contributed by atoms with Gasteiger partial charge in [-0.1, -0.05) is 24.3 Å². The van der Waals surface area contributed by atoms with Gasteiger partial charge in [0.15, 0.2) is 0 Å². The fraction of sp³-hybridized carbons (Fsp3) is 0.304. The highest BCUT2D eigenvalue weighted by atomic mass is 32.1. The molecule has 1 aromatic heterocycles. The maximum atomic E-state index is 13.3. The molecule has 1 fully saturated rings. The molecule has 1 aliphatic heterocycles. The van der Waals surface area contributed by atoms with Gasteiger partial charge in [-0.2, -0.15) is 0 Å². The summed E-state index contributed by atoms with van der Waals surface area (Å²) in [6, 6.07) is 12.8. The number of aromatic nitrogens is 1. The van der Waals surface area contributed by atoms with Crippen molar-refractivity contribution >= 4 is 17.2 Å². The number of carbonyl (C=O) groups excluding carboxylic acids is 1. The second-order valence-electron chi connectivity index (χ2n) is 7.52. The normalized spacial score (nSPS) is 13.9. The second-order valence-corrected chi connectivity index (χ2v) is 8.47. The highest BCUT2D eigenvalue weighted by Crippen LogP contribution is 2.20. The van der Waals surface area contributed by atoms with Crippen LogP contribution in [0.2, 0.25) is 0 Å². The van der Waals surface area contributed by atoms with Crippen molar-refractivity contribution in [2.75, 3.05) is 13.1 Å². The Kier molecular flexibility index (Phi) is 6.50. The molecular formula is C23H23F2N3OS.